The summed E-state index contributed by atoms with van der Waals surface area (Å²) in [5.41, 5.74) is 1.14. The zero-order valence-electron chi connectivity index (χ0n) is 12.9. The van der Waals surface area contributed by atoms with Crippen LogP contribution < -0.4 is 10.6 Å². The highest BCUT2D eigenvalue weighted by molar-refractivity contribution is 5.90. The van der Waals surface area contributed by atoms with Crippen LogP contribution in [0.25, 0.3) is 0 Å². The Morgan fingerprint density at radius 3 is 2.82 bits per heavy atom. The van der Waals surface area contributed by atoms with Crippen molar-refractivity contribution < 1.29 is 9.59 Å². The van der Waals surface area contributed by atoms with Gasteiger partial charge in [-0.15, -0.1) is 0 Å². The summed E-state index contributed by atoms with van der Waals surface area (Å²) in [5, 5.41) is 13.0. The van der Waals surface area contributed by atoms with Gasteiger partial charge in [-0.3, -0.25) is 14.7 Å². The number of carbonyl (C=O) groups excluding carboxylic acids is 2. The smallest absolute Gasteiger partial charge is 0.225 e. The minimum atomic E-state index is -0.0251. The predicted octanol–water partition coefficient (Wildman–Crippen LogP) is 2.31. The van der Waals surface area contributed by atoms with E-state index in [0.29, 0.717) is 31.1 Å². The van der Waals surface area contributed by atoms with Crippen LogP contribution in [0.5, 0.6) is 0 Å². The van der Waals surface area contributed by atoms with E-state index in [-0.39, 0.29) is 17.7 Å². The van der Waals surface area contributed by atoms with Gasteiger partial charge in [0.15, 0.2) is 5.82 Å². The van der Waals surface area contributed by atoms with Crippen molar-refractivity contribution in [1.82, 2.24) is 15.5 Å². The largest absolute Gasteiger partial charge is 0.356 e. The van der Waals surface area contributed by atoms with Crippen molar-refractivity contribution in [3.63, 3.8) is 0 Å². The normalized spacial score (nSPS) is 23.1. The Morgan fingerprint density at radius 2 is 2.09 bits per heavy atom. The molecular formula is C16H24N4O2. The number of hydrogen-bond donors (Lipinski definition) is 3. The summed E-state index contributed by atoms with van der Waals surface area (Å²) in [7, 11) is 0. The highest BCUT2D eigenvalue weighted by Gasteiger charge is 2.22. The van der Waals surface area contributed by atoms with E-state index < -0.39 is 0 Å². The summed E-state index contributed by atoms with van der Waals surface area (Å²) >= 11 is 0. The molecule has 3 N–H and O–H groups in total. The molecule has 6 nitrogen and oxygen atoms in total. The van der Waals surface area contributed by atoms with E-state index in [9.17, 15) is 9.59 Å². The number of carbonyl (C=O) groups is 2. The minimum Gasteiger partial charge on any atom is -0.356 e. The van der Waals surface area contributed by atoms with Crippen molar-refractivity contribution in [3.8, 4) is 0 Å². The van der Waals surface area contributed by atoms with Crippen LogP contribution in [0, 0.1) is 5.92 Å². The monoisotopic (exact) mass is 304 g/mol. The van der Waals surface area contributed by atoms with Gasteiger partial charge in [-0.2, -0.15) is 5.10 Å². The van der Waals surface area contributed by atoms with Crippen molar-refractivity contribution in [2.24, 2.45) is 5.92 Å². The molecule has 1 unspecified atom stereocenters. The quantitative estimate of drug-likeness (QED) is 0.797. The third kappa shape index (κ3) is 3.87. The molecular weight excluding hydrogens is 280 g/mol. The van der Waals surface area contributed by atoms with Gasteiger partial charge in [-0.05, 0) is 25.2 Å². The topological polar surface area (TPSA) is 86.9 Å². The average molecular weight is 304 g/mol. The van der Waals surface area contributed by atoms with Gasteiger partial charge in [0.25, 0.3) is 0 Å². The van der Waals surface area contributed by atoms with Crippen molar-refractivity contribution >= 4 is 17.6 Å². The van der Waals surface area contributed by atoms with E-state index in [2.05, 4.69) is 20.8 Å². The molecule has 2 amide bonds. The fourth-order valence-electron chi connectivity index (χ4n) is 3.44. The zero-order chi connectivity index (χ0) is 15.4. The number of anilines is 1. The summed E-state index contributed by atoms with van der Waals surface area (Å²) in [6.07, 6.45) is 8.03. The van der Waals surface area contributed by atoms with Crippen LogP contribution in [-0.4, -0.2) is 28.6 Å². The minimum absolute atomic E-state index is 0.0251. The Bertz CT molecular complexity index is 524. The summed E-state index contributed by atoms with van der Waals surface area (Å²) < 4.78 is 0. The summed E-state index contributed by atoms with van der Waals surface area (Å²) in [5.74, 6) is 1.46. The van der Waals surface area contributed by atoms with Crippen LogP contribution in [0.15, 0.2) is 6.07 Å². The number of nitrogens with one attached hydrogen (secondary N) is 3. The lowest BCUT2D eigenvalue weighted by atomic mass is 9.87. The van der Waals surface area contributed by atoms with E-state index in [4.69, 9.17) is 0 Å². The van der Waals surface area contributed by atoms with Gasteiger partial charge in [-0.25, -0.2) is 0 Å². The number of H-pyrrole nitrogens is 1. The molecule has 120 valence electrons. The van der Waals surface area contributed by atoms with Gasteiger partial charge in [0.1, 0.15) is 0 Å². The highest BCUT2D eigenvalue weighted by atomic mass is 16.2. The summed E-state index contributed by atoms with van der Waals surface area (Å²) in [4.78, 5) is 23.2. The maximum absolute atomic E-state index is 12.1. The molecule has 1 aromatic rings. The van der Waals surface area contributed by atoms with Crippen molar-refractivity contribution in [3.05, 3.63) is 11.8 Å². The Morgan fingerprint density at radius 1 is 1.27 bits per heavy atom. The molecule has 1 atom stereocenters. The molecule has 2 fully saturated rings. The Kier molecular flexibility index (Phi) is 4.75. The Hall–Kier alpha value is -1.85. The molecule has 1 saturated carbocycles. The van der Waals surface area contributed by atoms with Crippen molar-refractivity contribution in [2.75, 3.05) is 11.9 Å². The first kappa shape index (κ1) is 15.1. The number of amides is 2. The molecule has 1 saturated heterocycles. The first-order valence-electron chi connectivity index (χ1n) is 8.32. The van der Waals surface area contributed by atoms with E-state index in [0.717, 1.165) is 12.1 Å². The number of nitrogens with zero attached hydrogens (tertiary/aromatic N) is 1. The van der Waals surface area contributed by atoms with Crippen LogP contribution in [-0.2, 0) is 9.59 Å². The van der Waals surface area contributed by atoms with Crippen LogP contribution >= 0.6 is 0 Å². The van der Waals surface area contributed by atoms with Crippen LogP contribution in [0.1, 0.15) is 63.0 Å². The van der Waals surface area contributed by atoms with Gasteiger partial charge in [0, 0.05) is 37.1 Å². The molecule has 0 aromatic carbocycles. The Labute approximate surface area is 130 Å². The maximum Gasteiger partial charge on any atom is 0.225 e. The van der Waals surface area contributed by atoms with Crippen molar-refractivity contribution in [2.45, 2.75) is 57.3 Å². The second-order valence-electron chi connectivity index (χ2n) is 6.50. The Balaban J connectivity index is 1.49. The molecule has 1 aliphatic heterocycles. The molecule has 2 heterocycles. The standard InChI is InChI=1S/C16H24N4O2/c21-15-7-6-11(10-17-15)8-16(22)18-14-9-13(19-20-14)12-4-2-1-3-5-12/h9,11-12H,1-8,10H2,(H,17,21)(H2,18,19,20,22). The number of aromatic nitrogens is 2. The molecule has 0 bridgehead atoms. The average Bonchev–Trinajstić information content (AvgIpc) is 2.99. The highest BCUT2D eigenvalue weighted by Crippen LogP contribution is 2.32. The lowest BCUT2D eigenvalue weighted by molar-refractivity contribution is -0.124. The molecule has 0 radical (unpaired) electrons. The molecule has 2 aliphatic rings. The van der Waals surface area contributed by atoms with E-state index in [1.54, 1.807) is 0 Å². The van der Waals surface area contributed by atoms with E-state index >= 15 is 0 Å². The van der Waals surface area contributed by atoms with Gasteiger partial charge in [-0.1, -0.05) is 19.3 Å². The maximum atomic E-state index is 12.1. The van der Waals surface area contributed by atoms with Crippen molar-refractivity contribution in [1.29, 1.82) is 0 Å². The summed E-state index contributed by atoms with van der Waals surface area (Å²) in [6, 6.07) is 1.97. The first-order valence-corrected chi connectivity index (χ1v) is 8.32. The third-order valence-corrected chi connectivity index (χ3v) is 4.75. The number of aromatic amines is 1. The number of hydrogen-bond acceptors (Lipinski definition) is 3. The number of rotatable bonds is 4. The lowest BCUT2D eigenvalue weighted by Gasteiger charge is -2.21. The zero-order valence-corrected chi connectivity index (χ0v) is 12.9. The second kappa shape index (κ2) is 6.94. The van der Waals surface area contributed by atoms with Gasteiger partial charge in [0.2, 0.25) is 11.8 Å². The van der Waals surface area contributed by atoms with Gasteiger partial charge >= 0.3 is 0 Å². The molecule has 1 aliphatic carbocycles. The molecule has 3 rings (SSSR count). The molecule has 22 heavy (non-hydrogen) atoms. The fourth-order valence-corrected chi connectivity index (χ4v) is 3.44. The molecule has 6 heteroatoms. The van der Waals surface area contributed by atoms with Crippen LogP contribution in [0.2, 0.25) is 0 Å². The SMILES string of the molecule is O=C1CCC(CC(=O)Nc2cc(C3CCCCC3)[nH]n2)CN1. The third-order valence-electron chi connectivity index (χ3n) is 4.75. The first-order chi connectivity index (χ1) is 10.7. The van der Waals surface area contributed by atoms with E-state index in [1.807, 2.05) is 6.07 Å². The fraction of sp³-hybridized carbons (Fsp3) is 0.688. The van der Waals surface area contributed by atoms with E-state index in [1.165, 1.54) is 32.1 Å². The van der Waals surface area contributed by atoms with Crippen LogP contribution in [0.4, 0.5) is 5.82 Å². The molecule has 1 aromatic heterocycles. The van der Waals surface area contributed by atoms with Crippen LogP contribution in [0.3, 0.4) is 0 Å². The molecule has 0 spiro atoms. The lowest BCUT2D eigenvalue weighted by Crippen LogP contribution is -2.36. The van der Waals surface area contributed by atoms with Gasteiger partial charge < -0.3 is 10.6 Å². The second-order valence-corrected chi connectivity index (χ2v) is 6.50. The predicted molar refractivity (Wildman–Crippen MR) is 83.4 cm³/mol. The number of piperidine rings is 1. The summed E-state index contributed by atoms with van der Waals surface area (Å²) in [6.45, 7) is 0.597. The van der Waals surface area contributed by atoms with Gasteiger partial charge in [0.05, 0.1) is 0 Å².